The van der Waals surface area contributed by atoms with Gasteiger partial charge in [-0.15, -0.1) is 0 Å². The zero-order valence-corrected chi connectivity index (χ0v) is 13.0. The Morgan fingerprint density at radius 1 is 1.12 bits per heavy atom. The predicted molar refractivity (Wildman–Crippen MR) is 87.1 cm³/mol. The highest BCUT2D eigenvalue weighted by molar-refractivity contribution is 6.32. The highest BCUT2D eigenvalue weighted by atomic mass is 35.5. The van der Waals surface area contributed by atoms with Gasteiger partial charge in [0.05, 0.1) is 5.02 Å². The van der Waals surface area contributed by atoms with Crippen LogP contribution >= 0.6 is 11.6 Å². The van der Waals surface area contributed by atoms with Crippen LogP contribution in [0.4, 0.5) is 0 Å². The van der Waals surface area contributed by atoms with E-state index in [-0.39, 0.29) is 17.5 Å². The predicted octanol–water partition coefficient (Wildman–Crippen LogP) is 2.92. The van der Waals surface area contributed by atoms with Gasteiger partial charge in [0.1, 0.15) is 5.70 Å². The second-order valence-corrected chi connectivity index (χ2v) is 5.32. The van der Waals surface area contributed by atoms with Crippen molar-refractivity contribution < 1.29 is 24.2 Å². The minimum atomic E-state index is -1.28. The summed E-state index contributed by atoms with van der Waals surface area (Å²) in [5.41, 5.74) is 0.442. The number of rotatable bonds is 4. The fraction of sp³-hybridized carbons (Fsp3) is 0.0588. The van der Waals surface area contributed by atoms with Gasteiger partial charge < -0.3 is 19.9 Å². The number of carboxylic acids is 1. The summed E-state index contributed by atoms with van der Waals surface area (Å²) in [5.74, 6) is -0.860. The number of hydrogen-bond donors (Lipinski definition) is 2. The number of carboxylic acid groups (broad SMARTS) is 1. The number of carbonyl (C=O) groups excluding carboxylic acids is 1. The van der Waals surface area contributed by atoms with Crippen LogP contribution in [0.2, 0.25) is 5.02 Å². The molecule has 0 aromatic heterocycles. The van der Waals surface area contributed by atoms with Crippen LogP contribution in [0.1, 0.15) is 15.9 Å². The molecule has 0 saturated carbocycles. The van der Waals surface area contributed by atoms with Crippen LogP contribution in [0.15, 0.2) is 48.2 Å². The van der Waals surface area contributed by atoms with Crippen LogP contribution in [0.25, 0.3) is 6.08 Å². The first-order valence-corrected chi connectivity index (χ1v) is 7.33. The lowest BCUT2D eigenvalue weighted by Crippen LogP contribution is -2.27. The van der Waals surface area contributed by atoms with Gasteiger partial charge in [0, 0.05) is 11.6 Å². The number of nitrogens with one attached hydrogen (secondary N) is 1. The number of amides is 1. The maximum Gasteiger partial charge on any atom is 0.352 e. The molecule has 0 spiro atoms. The molecule has 2 aromatic carbocycles. The fourth-order valence-corrected chi connectivity index (χ4v) is 2.34. The lowest BCUT2D eigenvalue weighted by atomic mass is 10.1. The molecule has 122 valence electrons. The monoisotopic (exact) mass is 345 g/mol. The molecule has 1 aliphatic rings. The number of ether oxygens (including phenoxy) is 2. The zero-order valence-electron chi connectivity index (χ0n) is 12.3. The molecule has 0 atom stereocenters. The highest BCUT2D eigenvalue weighted by Crippen LogP contribution is 2.37. The van der Waals surface area contributed by atoms with Crippen molar-refractivity contribution in [1.29, 1.82) is 0 Å². The van der Waals surface area contributed by atoms with Gasteiger partial charge in [-0.25, -0.2) is 4.79 Å². The Labute approximate surface area is 142 Å². The molecular weight excluding hydrogens is 334 g/mol. The Morgan fingerprint density at radius 3 is 2.46 bits per heavy atom. The molecule has 0 fully saturated rings. The molecule has 2 N–H and O–H groups in total. The van der Waals surface area contributed by atoms with Gasteiger partial charge in [-0.05, 0) is 29.8 Å². The quantitative estimate of drug-likeness (QED) is 0.832. The van der Waals surface area contributed by atoms with E-state index in [1.807, 2.05) is 0 Å². The van der Waals surface area contributed by atoms with Gasteiger partial charge in [-0.1, -0.05) is 29.8 Å². The van der Waals surface area contributed by atoms with Crippen LogP contribution in [0.3, 0.4) is 0 Å². The topological polar surface area (TPSA) is 84.9 Å². The summed E-state index contributed by atoms with van der Waals surface area (Å²) in [6.45, 7) is 0.0787. The van der Waals surface area contributed by atoms with Crippen LogP contribution < -0.4 is 14.8 Å². The summed E-state index contributed by atoms with van der Waals surface area (Å²) < 4.78 is 10.4. The summed E-state index contributed by atoms with van der Waals surface area (Å²) in [4.78, 5) is 23.6. The van der Waals surface area contributed by atoms with Gasteiger partial charge in [-0.2, -0.15) is 0 Å². The fourth-order valence-electron chi connectivity index (χ4n) is 2.13. The number of carbonyl (C=O) groups is 2. The molecule has 7 heteroatoms. The third-order valence-corrected chi connectivity index (χ3v) is 3.63. The average Bonchev–Trinajstić information content (AvgIpc) is 3.02. The zero-order chi connectivity index (χ0) is 17.1. The maximum atomic E-state index is 12.1. The SMILES string of the molecule is O=C(O)C(=Cc1cc2c(cc1Cl)OCO2)NC(=O)c1ccccc1. The van der Waals surface area contributed by atoms with Crippen molar-refractivity contribution in [2.45, 2.75) is 0 Å². The normalized spacial score (nSPS) is 12.8. The van der Waals surface area contributed by atoms with Gasteiger partial charge in [0.2, 0.25) is 6.79 Å². The molecule has 2 aromatic rings. The molecule has 3 rings (SSSR count). The minimum Gasteiger partial charge on any atom is -0.477 e. The Balaban J connectivity index is 1.90. The van der Waals surface area contributed by atoms with Crippen molar-refractivity contribution in [2.24, 2.45) is 0 Å². The maximum absolute atomic E-state index is 12.1. The van der Waals surface area contributed by atoms with Gasteiger partial charge >= 0.3 is 5.97 Å². The summed E-state index contributed by atoms with van der Waals surface area (Å²) in [6, 6.07) is 11.4. The Bertz CT molecular complexity index is 832. The van der Waals surface area contributed by atoms with E-state index in [2.05, 4.69) is 5.32 Å². The van der Waals surface area contributed by atoms with Gasteiger partial charge in [0.15, 0.2) is 11.5 Å². The lowest BCUT2D eigenvalue weighted by molar-refractivity contribution is -0.132. The molecule has 0 radical (unpaired) electrons. The van der Waals surface area contributed by atoms with Crippen molar-refractivity contribution in [3.05, 3.63) is 64.3 Å². The number of aliphatic carboxylic acids is 1. The first-order chi connectivity index (χ1) is 11.5. The molecule has 0 saturated heterocycles. The van der Waals surface area contributed by atoms with Gasteiger partial charge in [-0.3, -0.25) is 4.79 Å². The molecule has 6 nitrogen and oxygen atoms in total. The van der Waals surface area contributed by atoms with E-state index in [0.29, 0.717) is 22.6 Å². The largest absolute Gasteiger partial charge is 0.477 e. The Morgan fingerprint density at radius 2 is 1.79 bits per heavy atom. The number of halogens is 1. The second-order valence-electron chi connectivity index (χ2n) is 4.91. The Hall–Kier alpha value is -2.99. The van der Waals surface area contributed by atoms with E-state index in [9.17, 15) is 14.7 Å². The summed E-state index contributed by atoms with van der Waals surface area (Å²) in [5, 5.41) is 12.0. The van der Waals surface area contributed by atoms with Crippen LogP contribution in [-0.2, 0) is 4.79 Å². The van der Waals surface area contributed by atoms with Crippen molar-refractivity contribution in [3.8, 4) is 11.5 Å². The van der Waals surface area contributed by atoms with E-state index in [1.54, 1.807) is 36.4 Å². The molecule has 1 amide bonds. The average molecular weight is 346 g/mol. The molecule has 0 aliphatic carbocycles. The molecular formula is C17H12ClNO5. The molecule has 1 heterocycles. The first-order valence-electron chi connectivity index (χ1n) is 6.95. The highest BCUT2D eigenvalue weighted by Gasteiger charge is 2.18. The standard InChI is InChI=1S/C17H12ClNO5/c18-12-8-15-14(23-9-24-15)7-11(12)6-13(17(21)22)19-16(20)10-4-2-1-3-5-10/h1-8H,9H2,(H,19,20)(H,21,22). The van der Waals surface area contributed by atoms with Crippen molar-refractivity contribution >= 4 is 29.6 Å². The molecule has 1 aliphatic heterocycles. The van der Waals surface area contributed by atoms with E-state index < -0.39 is 11.9 Å². The van der Waals surface area contributed by atoms with Crippen LogP contribution in [-0.4, -0.2) is 23.8 Å². The second kappa shape index (κ2) is 6.64. The first kappa shape index (κ1) is 15.9. The number of hydrogen-bond acceptors (Lipinski definition) is 4. The minimum absolute atomic E-state index is 0.0787. The Kier molecular flexibility index (Phi) is 4.39. The third-order valence-electron chi connectivity index (χ3n) is 3.31. The van der Waals surface area contributed by atoms with Crippen molar-refractivity contribution in [1.82, 2.24) is 5.32 Å². The van der Waals surface area contributed by atoms with E-state index >= 15 is 0 Å². The summed E-state index contributed by atoms with van der Waals surface area (Å²) in [6.07, 6.45) is 1.27. The van der Waals surface area contributed by atoms with E-state index in [1.165, 1.54) is 12.1 Å². The van der Waals surface area contributed by atoms with Crippen molar-refractivity contribution in [3.63, 3.8) is 0 Å². The lowest BCUT2D eigenvalue weighted by Gasteiger charge is -2.07. The van der Waals surface area contributed by atoms with E-state index in [4.69, 9.17) is 21.1 Å². The number of benzene rings is 2. The number of fused-ring (bicyclic) bond motifs is 1. The van der Waals surface area contributed by atoms with Crippen LogP contribution in [0, 0.1) is 0 Å². The smallest absolute Gasteiger partial charge is 0.352 e. The summed E-state index contributed by atoms with van der Waals surface area (Å²) in [7, 11) is 0. The molecule has 24 heavy (non-hydrogen) atoms. The molecule has 0 bridgehead atoms. The third kappa shape index (κ3) is 3.33. The van der Waals surface area contributed by atoms with Crippen molar-refractivity contribution in [2.75, 3.05) is 6.79 Å². The van der Waals surface area contributed by atoms with Crippen LogP contribution in [0.5, 0.6) is 11.5 Å². The van der Waals surface area contributed by atoms with E-state index in [0.717, 1.165) is 0 Å². The molecule has 0 unspecified atom stereocenters. The summed E-state index contributed by atoms with van der Waals surface area (Å²) >= 11 is 6.12. The van der Waals surface area contributed by atoms with Gasteiger partial charge in [0.25, 0.3) is 5.91 Å².